The number of hydrogen-bond donors (Lipinski definition) is 1. The number of fused-ring (bicyclic) bond motifs is 1. The number of imidazole rings is 1. The normalized spacial score (nSPS) is 10.9. The number of para-hydroxylation sites is 1. The Morgan fingerprint density at radius 1 is 1.15 bits per heavy atom. The van der Waals surface area contributed by atoms with Gasteiger partial charge in [-0.3, -0.25) is 4.57 Å². The number of halogens is 2. The minimum absolute atomic E-state index is 0.531. The molecule has 0 bridgehead atoms. The molecule has 2 aromatic carbocycles. The van der Waals surface area contributed by atoms with Gasteiger partial charge in [-0.2, -0.15) is 0 Å². The Balaban J connectivity index is 2.37. The first-order valence-corrected chi connectivity index (χ1v) is 7.01. The molecular weight excluding hydrogens is 315 g/mol. The standard InChI is InChI=1S/C14H10Cl2N2OS/c1-19-8-5-6-12-11(7-8)17-14(20)18(12)13-9(15)3-2-4-10(13)16/h2-7H,1H3,(H,17,20). The SMILES string of the molecule is COc1ccc2c(c1)[nH]c(=S)n2-c1c(Cl)cccc1Cl. The Hall–Kier alpha value is -1.49. The summed E-state index contributed by atoms with van der Waals surface area (Å²) in [6.07, 6.45) is 0. The average molecular weight is 325 g/mol. The molecule has 3 nitrogen and oxygen atoms in total. The van der Waals surface area contributed by atoms with Gasteiger partial charge in [0.25, 0.3) is 0 Å². The third kappa shape index (κ3) is 2.10. The number of methoxy groups -OCH3 is 1. The van der Waals surface area contributed by atoms with Crippen LogP contribution in [0.15, 0.2) is 36.4 Å². The van der Waals surface area contributed by atoms with Gasteiger partial charge in [-0.1, -0.05) is 29.3 Å². The minimum Gasteiger partial charge on any atom is -0.497 e. The van der Waals surface area contributed by atoms with E-state index in [0.29, 0.717) is 20.5 Å². The van der Waals surface area contributed by atoms with Crippen molar-refractivity contribution >= 4 is 46.5 Å². The monoisotopic (exact) mass is 324 g/mol. The zero-order valence-corrected chi connectivity index (χ0v) is 12.8. The van der Waals surface area contributed by atoms with E-state index in [9.17, 15) is 0 Å². The highest BCUT2D eigenvalue weighted by molar-refractivity contribution is 7.71. The lowest BCUT2D eigenvalue weighted by atomic mass is 10.2. The lowest BCUT2D eigenvalue weighted by Crippen LogP contribution is -1.96. The second-order valence-corrected chi connectivity index (χ2v) is 5.42. The van der Waals surface area contributed by atoms with Crippen LogP contribution in [0.2, 0.25) is 10.0 Å². The van der Waals surface area contributed by atoms with E-state index >= 15 is 0 Å². The molecule has 3 aromatic rings. The summed E-state index contributed by atoms with van der Waals surface area (Å²) in [6.45, 7) is 0. The van der Waals surface area contributed by atoms with E-state index in [0.717, 1.165) is 16.8 Å². The van der Waals surface area contributed by atoms with Crippen LogP contribution < -0.4 is 4.74 Å². The zero-order chi connectivity index (χ0) is 14.3. The smallest absolute Gasteiger partial charge is 0.182 e. The van der Waals surface area contributed by atoms with Crippen LogP contribution in [0.1, 0.15) is 0 Å². The Morgan fingerprint density at radius 3 is 2.50 bits per heavy atom. The summed E-state index contributed by atoms with van der Waals surface area (Å²) < 4.78 is 7.57. The predicted molar refractivity (Wildman–Crippen MR) is 85.0 cm³/mol. The van der Waals surface area contributed by atoms with Crippen LogP contribution in [0, 0.1) is 4.77 Å². The zero-order valence-electron chi connectivity index (χ0n) is 10.5. The van der Waals surface area contributed by atoms with Crippen LogP contribution in [-0.2, 0) is 0 Å². The van der Waals surface area contributed by atoms with E-state index in [1.807, 2.05) is 22.8 Å². The van der Waals surface area contributed by atoms with Gasteiger partial charge in [0.05, 0.1) is 33.9 Å². The molecule has 6 heteroatoms. The third-order valence-corrected chi connectivity index (χ3v) is 3.95. The molecule has 0 aliphatic heterocycles. The van der Waals surface area contributed by atoms with Crippen molar-refractivity contribution in [1.82, 2.24) is 9.55 Å². The Morgan fingerprint density at radius 2 is 1.85 bits per heavy atom. The Labute approximate surface area is 130 Å². The first-order chi connectivity index (χ1) is 9.61. The summed E-state index contributed by atoms with van der Waals surface area (Å²) in [4.78, 5) is 3.14. The van der Waals surface area contributed by atoms with Crippen molar-refractivity contribution < 1.29 is 4.74 Å². The molecule has 3 rings (SSSR count). The fraction of sp³-hybridized carbons (Fsp3) is 0.0714. The van der Waals surface area contributed by atoms with Crippen molar-refractivity contribution in [3.63, 3.8) is 0 Å². The van der Waals surface area contributed by atoms with Gasteiger partial charge < -0.3 is 9.72 Å². The van der Waals surface area contributed by atoms with Crippen molar-refractivity contribution in [1.29, 1.82) is 0 Å². The van der Waals surface area contributed by atoms with Crippen LogP contribution in [0.5, 0.6) is 5.75 Å². The largest absolute Gasteiger partial charge is 0.497 e. The van der Waals surface area contributed by atoms with Crippen LogP contribution in [-0.4, -0.2) is 16.7 Å². The molecule has 20 heavy (non-hydrogen) atoms. The molecule has 1 aromatic heterocycles. The summed E-state index contributed by atoms with van der Waals surface area (Å²) in [5.41, 5.74) is 2.44. The topological polar surface area (TPSA) is 29.9 Å². The van der Waals surface area contributed by atoms with Crippen molar-refractivity contribution in [3.05, 3.63) is 51.2 Å². The number of aromatic amines is 1. The molecule has 102 valence electrons. The van der Waals surface area contributed by atoms with Crippen molar-refractivity contribution in [2.45, 2.75) is 0 Å². The molecule has 1 heterocycles. The van der Waals surface area contributed by atoms with Crippen molar-refractivity contribution in [2.75, 3.05) is 7.11 Å². The quantitative estimate of drug-likeness (QED) is 0.672. The second-order valence-electron chi connectivity index (χ2n) is 4.22. The van der Waals surface area contributed by atoms with E-state index in [2.05, 4.69) is 4.98 Å². The predicted octanol–water partition coefficient (Wildman–Crippen LogP) is 5.00. The van der Waals surface area contributed by atoms with Crippen LogP contribution in [0.4, 0.5) is 0 Å². The second kappa shape index (κ2) is 5.13. The number of hydrogen-bond acceptors (Lipinski definition) is 2. The summed E-state index contributed by atoms with van der Waals surface area (Å²) in [5, 5.41) is 1.09. The Bertz CT molecular complexity index is 834. The van der Waals surface area contributed by atoms with Gasteiger partial charge in [0.15, 0.2) is 4.77 Å². The molecule has 0 amide bonds. The Kier molecular flexibility index (Phi) is 3.46. The van der Waals surface area contributed by atoms with E-state index in [-0.39, 0.29) is 0 Å². The summed E-state index contributed by atoms with van der Waals surface area (Å²) in [7, 11) is 1.62. The fourth-order valence-corrected chi connectivity index (χ4v) is 3.01. The van der Waals surface area contributed by atoms with Crippen molar-refractivity contribution in [2.24, 2.45) is 0 Å². The van der Waals surface area contributed by atoms with Gasteiger partial charge in [-0.15, -0.1) is 0 Å². The molecule has 0 saturated heterocycles. The lowest BCUT2D eigenvalue weighted by molar-refractivity contribution is 0.415. The molecule has 0 radical (unpaired) electrons. The van der Waals surface area contributed by atoms with Crippen molar-refractivity contribution in [3.8, 4) is 11.4 Å². The average Bonchev–Trinajstić information content (AvgIpc) is 2.74. The van der Waals surface area contributed by atoms with Gasteiger partial charge in [0, 0.05) is 6.07 Å². The van der Waals surface area contributed by atoms with Crippen LogP contribution in [0.3, 0.4) is 0 Å². The van der Waals surface area contributed by atoms with Gasteiger partial charge in [0.1, 0.15) is 5.75 Å². The number of benzene rings is 2. The molecular formula is C14H10Cl2N2OS. The van der Waals surface area contributed by atoms with Crippen LogP contribution in [0.25, 0.3) is 16.7 Å². The summed E-state index contributed by atoms with van der Waals surface area (Å²) in [5.74, 6) is 0.756. The molecule has 0 saturated carbocycles. The number of ether oxygens (including phenoxy) is 1. The minimum atomic E-state index is 0.531. The molecule has 1 N–H and O–H groups in total. The fourth-order valence-electron chi connectivity index (χ4n) is 2.14. The van der Waals surface area contributed by atoms with Gasteiger partial charge >= 0.3 is 0 Å². The summed E-state index contributed by atoms with van der Waals surface area (Å²) >= 11 is 17.9. The van der Waals surface area contributed by atoms with E-state index in [1.54, 1.807) is 25.3 Å². The van der Waals surface area contributed by atoms with Gasteiger partial charge in [0.2, 0.25) is 0 Å². The van der Waals surface area contributed by atoms with E-state index in [4.69, 9.17) is 40.2 Å². The van der Waals surface area contributed by atoms with E-state index < -0.39 is 0 Å². The van der Waals surface area contributed by atoms with Gasteiger partial charge in [-0.05, 0) is 36.5 Å². The maximum atomic E-state index is 6.26. The molecule has 0 aliphatic rings. The number of nitrogens with one attached hydrogen (secondary N) is 1. The third-order valence-electron chi connectivity index (χ3n) is 3.05. The molecule has 0 atom stereocenters. The maximum Gasteiger partial charge on any atom is 0.182 e. The first-order valence-electron chi connectivity index (χ1n) is 5.85. The highest BCUT2D eigenvalue weighted by atomic mass is 35.5. The summed E-state index contributed by atoms with van der Waals surface area (Å²) in [6, 6.07) is 11.0. The molecule has 0 fully saturated rings. The van der Waals surface area contributed by atoms with Crippen LogP contribution >= 0.6 is 35.4 Å². The van der Waals surface area contributed by atoms with Gasteiger partial charge in [-0.25, -0.2) is 0 Å². The molecule has 0 unspecified atom stereocenters. The number of rotatable bonds is 2. The number of aromatic nitrogens is 2. The first kappa shape index (κ1) is 13.5. The van der Waals surface area contributed by atoms with E-state index in [1.165, 1.54) is 0 Å². The number of nitrogens with zero attached hydrogens (tertiary/aromatic N) is 1. The lowest BCUT2D eigenvalue weighted by Gasteiger charge is -2.09. The maximum absolute atomic E-state index is 6.26. The highest BCUT2D eigenvalue weighted by Gasteiger charge is 2.13. The molecule has 0 spiro atoms. The molecule has 0 aliphatic carbocycles. The number of H-pyrrole nitrogens is 1. The highest BCUT2D eigenvalue weighted by Crippen LogP contribution is 2.32.